The van der Waals surface area contributed by atoms with Gasteiger partial charge in [-0.25, -0.2) is 0 Å². The normalized spacial score (nSPS) is 29.3. The molecule has 1 heterocycles. The molecule has 0 aromatic heterocycles. The van der Waals surface area contributed by atoms with Crippen LogP contribution >= 0.6 is 12.4 Å². The lowest BCUT2D eigenvalue weighted by Crippen LogP contribution is -2.27. The zero-order valence-corrected chi connectivity index (χ0v) is 7.06. The molecular weight excluding hydrogens is 170 g/mol. The predicted molar refractivity (Wildman–Crippen MR) is 41.6 cm³/mol. The van der Waals surface area contributed by atoms with Gasteiger partial charge in [0.2, 0.25) is 0 Å². The fourth-order valence-electron chi connectivity index (χ4n) is 1.06. The van der Waals surface area contributed by atoms with Gasteiger partial charge in [0, 0.05) is 13.1 Å². The highest BCUT2D eigenvalue weighted by atomic mass is 35.5. The molecule has 0 spiro atoms. The van der Waals surface area contributed by atoms with Crippen LogP contribution in [0.15, 0.2) is 0 Å². The van der Waals surface area contributed by atoms with Crippen molar-refractivity contribution in [1.29, 1.82) is 0 Å². The number of aliphatic hydroxyl groups is 1. The first-order valence-electron chi connectivity index (χ1n) is 3.22. The van der Waals surface area contributed by atoms with E-state index in [9.17, 15) is 4.79 Å². The average Bonchev–Trinajstić information content (AvgIpc) is 2.34. The van der Waals surface area contributed by atoms with Crippen LogP contribution in [0.5, 0.6) is 0 Å². The highest BCUT2D eigenvalue weighted by Gasteiger charge is 2.31. The summed E-state index contributed by atoms with van der Waals surface area (Å²) in [5.74, 6) is -0.706. The maximum atomic E-state index is 10.8. The molecule has 0 bridgehead atoms. The van der Waals surface area contributed by atoms with Crippen molar-refractivity contribution in [3.63, 3.8) is 0 Å². The predicted octanol–water partition coefficient (Wildman–Crippen LogP) is -0.839. The molecule has 0 saturated carbocycles. The van der Waals surface area contributed by atoms with Gasteiger partial charge in [0.1, 0.15) is 0 Å². The van der Waals surface area contributed by atoms with Crippen molar-refractivity contribution in [2.75, 3.05) is 20.2 Å². The minimum absolute atomic E-state index is 0. The van der Waals surface area contributed by atoms with Crippen LogP contribution in [0, 0.1) is 5.92 Å². The number of halogens is 1. The molecule has 1 aliphatic heterocycles. The second kappa shape index (κ2) is 4.54. The summed E-state index contributed by atoms with van der Waals surface area (Å²) >= 11 is 0. The maximum absolute atomic E-state index is 10.8. The van der Waals surface area contributed by atoms with Gasteiger partial charge in [0.05, 0.1) is 19.1 Å². The van der Waals surface area contributed by atoms with E-state index in [1.54, 1.807) is 0 Å². The van der Waals surface area contributed by atoms with Gasteiger partial charge in [-0.2, -0.15) is 0 Å². The number of β-amino-alcohol motifs (C(OH)–C–C–N with tert-alkyl or cyclic N) is 1. The lowest BCUT2D eigenvalue weighted by molar-refractivity contribution is -0.147. The summed E-state index contributed by atoms with van der Waals surface area (Å²) in [6, 6.07) is 0. The second-order valence-corrected chi connectivity index (χ2v) is 2.36. The van der Waals surface area contributed by atoms with Gasteiger partial charge >= 0.3 is 5.97 Å². The highest BCUT2D eigenvalue weighted by Crippen LogP contribution is 2.09. The molecule has 1 aliphatic rings. The zero-order chi connectivity index (χ0) is 7.56. The van der Waals surface area contributed by atoms with E-state index in [2.05, 4.69) is 10.1 Å². The number of hydrogen-bond donors (Lipinski definition) is 2. The summed E-state index contributed by atoms with van der Waals surface area (Å²) in [5, 5.41) is 12.0. The SMILES string of the molecule is COC(=O)[C@H]1CNC[C@H]1O.Cl. The van der Waals surface area contributed by atoms with Gasteiger partial charge < -0.3 is 15.2 Å². The zero-order valence-electron chi connectivity index (χ0n) is 6.24. The van der Waals surface area contributed by atoms with E-state index in [1.165, 1.54) is 7.11 Å². The Balaban J connectivity index is 0.000001000. The second-order valence-electron chi connectivity index (χ2n) is 2.36. The number of methoxy groups -OCH3 is 1. The molecule has 2 atom stereocenters. The van der Waals surface area contributed by atoms with Crippen molar-refractivity contribution < 1.29 is 14.6 Å². The largest absolute Gasteiger partial charge is 0.469 e. The molecule has 0 aromatic rings. The molecule has 0 amide bonds. The van der Waals surface area contributed by atoms with Gasteiger partial charge in [-0.3, -0.25) is 4.79 Å². The Hall–Kier alpha value is -0.320. The van der Waals surface area contributed by atoms with Gasteiger partial charge in [0.25, 0.3) is 0 Å². The average molecular weight is 182 g/mol. The van der Waals surface area contributed by atoms with Gasteiger partial charge in [-0.15, -0.1) is 12.4 Å². The third kappa shape index (κ3) is 2.32. The lowest BCUT2D eigenvalue weighted by atomic mass is 10.1. The summed E-state index contributed by atoms with van der Waals surface area (Å²) in [7, 11) is 1.33. The Kier molecular flexibility index (Phi) is 4.40. The minimum Gasteiger partial charge on any atom is -0.469 e. The Morgan fingerprint density at radius 2 is 2.27 bits per heavy atom. The van der Waals surface area contributed by atoms with E-state index in [0.29, 0.717) is 13.1 Å². The number of esters is 1. The van der Waals surface area contributed by atoms with Gasteiger partial charge in [-0.1, -0.05) is 0 Å². The van der Waals surface area contributed by atoms with Gasteiger partial charge in [-0.05, 0) is 0 Å². The van der Waals surface area contributed by atoms with Crippen LogP contribution in [0.2, 0.25) is 0 Å². The Labute approximate surface area is 71.3 Å². The Morgan fingerprint density at radius 3 is 2.64 bits per heavy atom. The molecule has 5 heteroatoms. The first-order valence-corrected chi connectivity index (χ1v) is 3.22. The van der Waals surface area contributed by atoms with Crippen LogP contribution in [-0.2, 0) is 9.53 Å². The van der Waals surface area contributed by atoms with E-state index in [0.717, 1.165) is 0 Å². The number of carbonyl (C=O) groups is 1. The van der Waals surface area contributed by atoms with Gasteiger partial charge in [0.15, 0.2) is 0 Å². The standard InChI is InChI=1S/C6H11NO3.ClH/c1-10-6(9)4-2-7-3-5(4)8;/h4-5,7-8H,2-3H2,1H3;1H/t4-,5+;/m0./s1. The number of carbonyl (C=O) groups excluding carboxylic acids is 1. The molecule has 66 valence electrons. The molecule has 11 heavy (non-hydrogen) atoms. The molecular formula is C6H12ClNO3. The van der Waals surface area contributed by atoms with Crippen LogP contribution in [0.1, 0.15) is 0 Å². The first kappa shape index (κ1) is 10.7. The molecule has 0 aromatic carbocycles. The van der Waals surface area contributed by atoms with Crippen molar-refractivity contribution in [2.45, 2.75) is 6.10 Å². The Morgan fingerprint density at radius 1 is 1.64 bits per heavy atom. The molecule has 2 N–H and O–H groups in total. The van der Waals surface area contributed by atoms with Crippen molar-refractivity contribution in [3.05, 3.63) is 0 Å². The fraction of sp³-hybridized carbons (Fsp3) is 0.833. The third-order valence-electron chi connectivity index (χ3n) is 1.69. The van der Waals surface area contributed by atoms with Crippen LogP contribution in [0.4, 0.5) is 0 Å². The number of aliphatic hydroxyl groups excluding tert-OH is 1. The van der Waals surface area contributed by atoms with E-state index in [-0.39, 0.29) is 24.3 Å². The van der Waals surface area contributed by atoms with Crippen molar-refractivity contribution in [2.24, 2.45) is 5.92 Å². The third-order valence-corrected chi connectivity index (χ3v) is 1.69. The molecule has 1 saturated heterocycles. The number of ether oxygens (including phenoxy) is 1. The monoisotopic (exact) mass is 181 g/mol. The summed E-state index contributed by atoms with van der Waals surface area (Å²) in [6.45, 7) is 1.01. The van der Waals surface area contributed by atoms with Crippen LogP contribution in [0.3, 0.4) is 0 Å². The van der Waals surface area contributed by atoms with Crippen molar-refractivity contribution in [1.82, 2.24) is 5.32 Å². The smallest absolute Gasteiger partial charge is 0.312 e. The molecule has 0 unspecified atom stereocenters. The minimum atomic E-state index is -0.576. The number of nitrogens with one attached hydrogen (secondary N) is 1. The summed E-state index contributed by atoms with van der Waals surface area (Å²) in [5.41, 5.74) is 0. The number of rotatable bonds is 1. The molecule has 4 nitrogen and oxygen atoms in total. The van der Waals surface area contributed by atoms with E-state index in [1.807, 2.05) is 0 Å². The quantitative estimate of drug-likeness (QED) is 0.518. The summed E-state index contributed by atoms with van der Waals surface area (Å²) in [6.07, 6.45) is -0.576. The van der Waals surface area contributed by atoms with E-state index >= 15 is 0 Å². The van der Waals surface area contributed by atoms with Crippen LogP contribution < -0.4 is 5.32 Å². The summed E-state index contributed by atoms with van der Waals surface area (Å²) < 4.78 is 4.47. The van der Waals surface area contributed by atoms with Crippen LogP contribution in [0.25, 0.3) is 0 Å². The Bertz CT molecular complexity index is 142. The van der Waals surface area contributed by atoms with E-state index in [4.69, 9.17) is 5.11 Å². The number of hydrogen-bond acceptors (Lipinski definition) is 4. The highest BCUT2D eigenvalue weighted by molar-refractivity contribution is 5.85. The van der Waals surface area contributed by atoms with Crippen LogP contribution in [-0.4, -0.2) is 37.4 Å². The first-order chi connectivity index (χ1) is 4.75. The topological polar surface area (TPSA) is 58.6 Å². The lowest BCUT2D eigenvalue weighted by Gasteiger charge is -2.08. The molecule has 1 fully saturated rings. The summed E-state index contributed by atoms with van der Waals surface area (Å²) in [4.78, 5) is 10.8. The molecule has 0 aliphatic carbocycles. The maximum Gasteiger partial charge on any atom is 0.312 e. The van der Waals surface area contributed by atoms with Crippen molar-refractivity contribution >= 4 is 18.4 Å². The fourth-order valence-corrected chi connectivity index (χ4v) is 1.06. The van der Waals surface area contributed by atoms with E-state index < -0.39 is 6.10 Å². The van der Waals surface area contributed by atoms with Crippen molar-refractivity contribution in [3.8, 4) is 0 Å². The molecule has 1 rings (SSSR count). The molecule has 0 radical (unpaired) electrons.